The van der Waals surface area contributed by atoms with E-state index < -0.39 is 0 Å². The molecule has 1 heterocycles. The Morgan fingerprint density at radius 2 is 1.74 bits per heavy atom. The van der Waals surface area contributed by atoms with Crippen LogP contribution < -0.4 is 0 Å². The van der Waals surface area contributed by atoms with Crippen molar-refractivity contribution < 1.29 is 0 Å². The molecule has 96 valence electrons. The first-order chi connectivity index (χ1) is 9.15. The van der Waals surface area contributed by atoms with Gasteiger partial charge in [-0.3, -0.25) is 0 Å². The number of rotatable bonds is 2. The molecule has 3 aromatic rings. The Labute approximate surface area is 121 Å². The lowest BCUT2D eigenvalue weighted by Gasteiger charge is -2.07. The maximum atomic E-state index is 6.10. The third-order valence-corrected chi connectivity index (χ3v) is 3.89. The molecule has 0 aliphatic rings. The fraction of sp³-hybridized carbons (Fsp3) is 0.133. The van der Waals surface area contributed by atoms with Gasteiger partial charge in [-0.2, -0.15) is 0 Å². The predicted octanol–water partition coefficient (Wildman–Crippen LogP) is 4.70. The van der Waals surface area contributed by atoms with E-state index in [2.05, 4.69) is 21.7 Å². The van der Waals surface area contributed by atoms with Crippen molar-refractivity contribution in [2.24, 2.45) is 0 Å². The van der Waals surface area contributed by atoms with Gasteiger partial charge in [-0.15, -0.1) is 0 Å². The molecule has 4 heteroatoms. The molecular weight excluding hydrogens is 279 g/mol. The van der Waals surface area contributed by atoms with Gasteiger partial charge < -0.3 is 4.57 Å². The SMILES string of the molecule is Cc1nc2cc(Cl)c(Cl)cc2n1Cc1ccccc1. The van der Waals surface area contributed by atoms with Crippen molar-refractivity contribution in [3.63, 3.8) is 0 Å². The van der Waals surface area contributed by atoms with Crippen LogP contribution in [0.5, 0.6) is 0 Å². The highest BCUT2D eigenvalue weighted by molar-refractivity contribution is 6.42. The first-order valence-electron chi connectivity index (χ1n) is 6.01. The lowest BCUT2D eigenvalue weighted by atomic mass is 10.2. The van der Waals surface area contributed by atoms with Crippen molar-refractivity contribution in [3.8, 4) is 0 Å². The van der Waals surface area contributed by atoms with Crippen LogP contribution in [0.15, 0.2) is 42.5 Å². The molecule has 2 nitrogen and oxygen atoms in total. The minimum atomic E-state index is 0.540. The van der Waals surface area contributed by atoms with Gasteiger partial charge in [0, 0.05) is 6.54 Å². The van der Waals surface area contributed by atoms with Gasteiger partial charge in [-0.25, -0.2) is 4.98 Å². The highest BCUT2D eigenvalue weighted by Gasteiger charge is 2.10. The Bertz CT molecular complexity index is 733. The summed E-state index contributed by atoms with van der Waals surface area (Å²) in [4.78, 5) is 4.53. The third kappa shape index (κ3) is 2.34. The maximum Gasteiger partial charge on any atom is 0.107 e. The summed E-state index contributed by atoms with van der Waals surface area (Å²) in [6.45, 7) is 2.77. The number of aromatic nitrogens is 2. The molecule has 0 amide bonds. The highest BCUT2D eigenvalue weighted by Crippen LogP contribution is 2.28. The van der Waals surface area contributed by atoms with Gasteiger partial charge in [-0.05, 0) is 24.6 Å². The molecule has 1 aromatic heterocycles. The van der Waals surface area contributed by atoms with E-state index in [4.69, 9.17) is 23.2 Å². The summed E-state index contributed by atoms with van der Waals surface area (Å²) in [7, 11) is 0. The van der Waals surface area contributed by atoms with E-state index in [0.717, 1.165) is 23.4 Å². The van der Waals surface area contributed by atoms with Gasteiger partial charge in [-0.1, -0.05) is 53.5 Å². The number of halogens is 2. The molecule has 0 aliphatic carbocycles. The number of imidazole rings is 1. The molecule has 0 N–H and O–H groups in total. The summed E-state index contributed by atoms with van der Waals surface area (Å²) in [5.41, 5.74) is 3.12. The van der Waals surface area contributed by atoms with E-state index in [1.54, 1.807) is 0 Å². The molecule has 0 atom stereocenters. The van der Waals surface area contributed by atoms with Crippen LogP contribution in [0.25, 0.3) is 11.0 Å². The van der Waals surface area contributed by atoms with Crippen LogP contribution in [0.3, 0.4) is 0 Å². The van der Waals surface area contributed by atoms with Crippen molar-refractivity contribution in [1.82, 2.24) is 9.55 Å². The number of nitrogens with zero attached hydrogens (tertiary/aromatic N) is 2. The molecule has 3 rings (SSSR count). The van der Waals surface area contributed by atoms with Gasteiger partial charge >= 0.3 is 0 Å². The van der Waals surface area contributed by atoms with Crippen LogP contribution in [-0.2, 0) is 6.54 Å². The molecule has 0 bridgehead atoms. The lowest BCUT2D eigenvalue weighted by molar-refractivity contribution is 0.786. The fourth-order valence-corrected chi connectivity index (χ4v) is 2.52. The van der Waals surface area contributed by atoms with Crippen molar-refractivity contribution in [3.05, 3.63) is 63.9 Å². The lowest BCUT2D eigenvalue weighted by Crippen LogP contribution is -2.01. The Hall–Kier alpha value is -1.51. The highest BCUT2D eigenvalue weighted by atomic mass is 35.5. The van der Waals surface area contributed by atoms with Gasteiger partial charge in [0.1, 0.15) is 5.82 Å². The van der Waals surface area contributed by atoms with Crippen molar-refractivity contribution in [2.45, 2.75) is 13.5 Å². The second kappa shape index (κ2) is 4.87. The van der Waals surface area contributed by atoms with Crippen molar-refractivity contribution in [2.75, 3.05) is 0 Å². The van der Waals surface area contributed by atoms with E-state index in [9.17, 15) is 0 Å². The molecule has 19 heavy (non-hydrogen) atoms. The number of hydrogen-bond acceptors (Lipinski definition) is 1. The molecule has 0 fully saturated rings. The molecule has 0 radical (unpaired) electrons. The first kappa shape index (κ1) is 12.5. The van der Waals surface area contributed by atoms with E-state index in [1.807, 2.05) is 37.3 Å². The zero-order chi connectivity index (χ0) is 13.4. The zero-order valence-electron chi connectivity index (χ0n) is 10.4. The molecule has 0 aliphatic heterocycles. The van der Waals surface area contributed by atoms with Crippen molar-refractivity contribution in [1.29, 1.82) is 0 Å². The Balaban J connectivity index is 2.13. The van der Waals surface area contributed by atoms with E-state index in [1.165, 1.54) is 5.56 Å². The smallest absolute Gasteiger partial charge is 0.107 e. The number of benzene rings is 2. The average Bonchev–Trinajstić information content (AvgIpc) is 2.68. The van der Waals surface area contributed by atoms with Crippen LogP contribution in [-0.4, -0.2) is 9.55 Å². The normalized spacial score (nSPS) is 11.1. The second-order valence-corrected chi connectivity index (χ2v) is 5.30. The summed E-state index contributed by atoms with van der Waals surface area (Å²) < 4.78 is 2.15. The quantitative estimate of drug-likeness (QED) is 0.669. The van der Waals surface area contributed by atoms with Crippen LogP contribution in [0, 0.1) is 6.92 Å². The Morgan fingerprint density at radius 1 is 1.05 bits per heavy atom. The van der Waals surface area contributed by atoms with Crippen molar-refractivity contribution >= 4 is 34.2 Å². The largest absolute Gasteiger partial charge is 0.324 e. The standard InChI is InChI=1S/C15H12Cl2N2/c1-10-18-14-7-12(16)13(17)8-15(14)19(10)9-11-5-3-2-4-6-11/h2-8H,9H2,1H3. The first-order valence-corrected chi connectivity index (χ1v) is 6.76. The van der Waals surface area contributed by atoms with E-state index >= 15 is 0 Å². The second-order valence-electron chi connectivity index (χ2n) is 4.49. The summed E-state index contributed by atoms with van der Waals surface area (Å²) in [6, 6.07) is 14.0. The third-order valence-electron chi connectivity index (χ3n) is 3.16. The topological polar surface area (TPSA) is 17.8 Å². The van der Waals surface area contributed by atoms with Gasteiger partial charge in [0.15, 0.2) is 0 Å². The van der Waals surface area contributed by atoms with Crippen LogP contribution >= 0.6 is 23.2 Å². The molecule has 0 saturated carbocycles. The number of hydrogen-bond donors (Lipinski definition) is 0. The predicted molar refractivity (Wildman–Crippen MR) is 80.0 cm³/mol. The van der Waals surface area contributed by atoms with Crippen LogP contribution in [0.1, 0.15) is 11.4 Å². The van der Waals surface area contributed by atoms with E-state index in [-0.39, 0.29) is 0 Å². The molecule has 0 unspecified atom stereocenters. The number of aryl methyl sites for hydroxylation is 1. The van der Waals surface area contributed by atoms with Crippen LogP contribution in [0.4, 0.5) is 0 Å². The number of fused-ring (bicyclic) bond motifs is 1. The minimum absolute atomic E-state index is 0.540. The van der Waals surface area contributed by atoms with Crippen LogP contribution in [0.2, 0.25) is 10.0 Å². The average molecular weight is 291 g/mol. The van der Waals surface area contributed by atoms with E-state index in [0.29, 0.717) is 10.0 Å². The summed E-state index contributed by atoms with van der Waals surface area (Å²) in [5, 5.41) is 1.10. The monoisotopic (exact) mass is 290 g/mol. The van der Waals surface area contributed by atoms with Gasteiger partial charge in [0.25, 0.3) is 0 Å². The molecule has 0 saturated heterocycles. The summed E-state index contributed by atoms with van der Waals surface area (Å²) in [5.74, 6) is 0.956. The Morgan fingerprint density at radius 3 is 2.47 bits per heavy atom. The minimum Gasteiger partial charge on any atom is -0.324 e. The summed E-state index contributed by atoms with van der Waals surface area (Å²) >= 11 is 12.1. The molecule has 2 aromatic carbocycles. The molecule has 0 spiro atoms. The summed E-state index contributed by atoms with van der Waals surface area (Å²) in [6.07, 6.45) is 0. The maximum absolute atomic E-state index is 6.10. The Kier molecular flexibility index (Phi) is 3.21. The van der Waals surface area contributed by atoms with Gasteiger partial charge in [0.05, 0.1) is 21.1 Å². The fourth-order valence-electron chi connectivity index (χ4n) is 2.21. The zero-order valence-corrected chi connectivity index (χ0v) is 11.9. The molecular formula is C15H12Cl2N2. The van der Waals surface area contributed by atoms with Gasteiger partial charge in [0.2, 0.25) is 0 Å².